The average Bonchev–Trinajstić information content (AvgIpc) is 3.34. The van der Waals surface area contributed by atoms with Crippen molar-refractivity contribution in [2.24, 2.45) is 5.92 Å². The van der Waals surface area contributed by atoms with Crippen molar-refractivity contribution < 1.29 is 4.79 Å². The van der Waals surface area contributed by atoms with Crippen molar-refractivity contribution in [3.63, 3.8) is 0 Å². The van der Waals surface area contributed by atoms with Crippen LogP contribution in [0, 0.1) is 5.92 Å². The molecule has 0 bridgehead atoms. The number of carbonyl (C=O) groups is 1. The zero-order valence-corrected chi connectivity index (χ0v) is 15.7. The van der Waals surface area contributed by atoms with Gasteiger partial charge in [0.25, 0.3) is 0 Å². The zero-order valence-electron chi connectivity index (χ0n) is 14.9. The summed E-state index contributed by atoms with van der Waals surface area (Å²) in [5.74, 6) is 2.04. The van der Waals surface area contributed by atoms with Gasteiger partial charge in [0.1, 0.15) is 12.1 Å². The second-order valence-electron chi connectivity index (χ2n) is 7.75. The van der Waals surface area contributed by atoms with Crippen LogP contribution >= 0.6 is 11.3 Å². The lowest BCUT2D eigenvalue weighted by atomic mass is 9.85. The number of anilines is 1. The second-order valence-corrected chi connectivity index (χ2v) is 8.67. The Morgan fingerprint density at radius 3 is 2.85 bits per heavy atom. The highest BCUT2D eigenvalue weighted by molar-refractivity contribution is 7.17. The van der Waals surface area contributed by atoms with Crippen LogP contribution in [0.3, 0.4) is 0 Å². The van der Waals surface area contributed by atoms with E-state index in [0.29, 0.717) is 17.9 Å². The lowest BCUT2D eigenvalue weighted by molar-refractivity contribution is -0.133. The van der Waals surface area contributed by atoms with Gasteiger partial charge in [0, 0.05) is 32.2 Å². The van der Waals surface area contributed by atoms with Gasteiger partial charge < -0.3 is 15.1 Å². The standard InChI is InChI=1S/C19H25N5OS/c25-19(16-11-13-3-1-2-4-14(13)22-16)24-8-6-23(7-9-24)18-17-15(5-10-26-17)20-12-21-18/h5,10,12-14,16,22H,1-4,6-9,11H2. The van der Waals surface area contributed by atoms with Gasteiger partial charge in [-0.15, -0.1) is 11.3 Å². The molecule has 2 aromatic rings. The van der Waals surface area contributed by atoms with Crippen LogP contribution in [-0.4, -0.2) is 59.0 Å². The molecule has 4 heterocycles. The van der Waals surface area contributed by atoms with Crippen molar-refractivity contribution in [2.75, 3.05) is 31.1 Å². The number of thiophene rings is 1. The van der Waals surface area contributed by atoms with E-state index in [9.17, 15) is 4.79 Å². The topological polar surface area (TPSA) is 61.4 Å². The van der Waals surface area contributed by atoms with E-state index in [2.05, 4.69) is 30.5 Å². The minimum Gasteiger partial charge on any atom is -0.352 e. The molecule has 2 saturated heterocycles. The summed E-state index contributed by atoms with van der Waals surface area (Å²) in [6.45, 7) is 3.25. The Hall–Kier alpha value is -1.73. The van der Waals surface area contributed by atoms with Crippen molar-refractivity contribution in [3.8, 4) is 0 Å². The first-order chi connectivity index (χ1) is 12.8. The quantitative estimate of drug-likeness (QED) is 0.877. The van der Waals surface area contributed by atoms with Gasteiger partial charge in [-0.25, -0.2) is 9.97 Å². The highest BCUT2D eigenvalue weighted by Crippen LogP contribution is 2.34. The predicted molar refractivity (Wildman–Crippen MR) is 103 cm³/mol. The van der Waals surface area contributed by atoms with Crippen molar-refractivity contribution in [1.29, 1.82) is 0 Å². The minimum absolute atomic E-state index is 0.0395. The maximum Gasteiger partial charge on any atom is 0.239 e. The van der Waals surface area contributed by atoms with E-state index in [4.69, 9.17) is 0 Å². The number of nitrogens with zero attached hydrogens (tertiary/aromatic N) is 4. The number of amides is 1. The number of hydrogen-bond acceptors (Lipinski definition) is 6. The molecule has 0 radical (unpaired) electrons. The van der Waals surface area contributed by atoms with Gasteiger partial charge >= 0.3 is 0 Å². The molecule has 3 unspecified atom stereocenters. The van der Waals surface area contributed by atoms with Crippen molar-refractivity contribution in [1.82, 2.24) is 20.2 Å². The molecule has 3 aliphatic rings. The van der Waals surface area contributed by atoms with Crippen LogP contribution < -0.4 is 10.2 Å². The Kier molecular flexibility index (Phi) is 4.29. The molecular formula is C19H25N5OS. The van der Waals surface area contributed by atoms with Gasteiger partial charge in [-0.3, -0.25) is 4.79 Å². The molecule has 3 fully saturated rings. The van der Waals surface area contributed by atoms with Gasteiger partial charge in [0.15, 0.2) is 0 Å². The summed E-state index contributed by atoms with van der Waals surface area (Å²) < 4.78 is 1.15. The number of carbonyl (C=O) groups excluding carboxylic acids is 1. The summed E-state index contributed by atoms with van der Waals surface area (Å²) in [6, 6.07) is 2.65. The molecular weight excluding hydrogens is 346 g/mol. The van der Waals surface area contributed by atoms with Crippen molar-refractivity contribution in [2.45, 2.75) is 44.2 Å². The number of fused-ring (bicyclic) bond motifs is 2. The molecule has 1 amide bonds. The van der Waals surface area contributed by atoms with Crippen LogP contribution in [0.1, 0.15) is 32.1 Å². The minimum atomic E-state index is 0.0395. The van der Waals surface area contributed by atoms with Crippen LogP contribution in [0.25, 0.3) is 10.2 Å². The van der Waals surface area contributed by atoms with E-state index in [0.717, 1.165) is 48.6 Å². The van der Waals surface area contributed by atoms with Crippen molar-refractivity contribution in [3.05, 3.63) is 17.8 Å². The zero-order chi connectivity index (χ0) is 17.5. The maximum absolute atomic E-state index is 13.0. The van der Waals surface area contributed by atoms with Gasteiger partial charge in [-0.2, -0.15) is 0 Å². The summed E-state index contributed by atoms with van der Waals surface area (Å²) in [5, 5.41) is 5.69. The Balaban J connectivity index is 1.23. The third kappa shape index (κ3) is 2.87. The summed E-state index contributed by atoms with van der Waals surface area (Å²) in [7, 11) is 0. The fourth-order valence-corrected chi connectivity index (χ4v) is 5.73. The Morgan fingerprint density at radius 1 is 1.15 bits per heavy atom. The monoisotopic (exact) mass is 371 g/mol. The molecule has 3 atom stereocenters. The number of rotatable bonds is 2. The fourth-order valence-electron chi connectivity index (χ4n) is 4.87. The van der Waals surface area contributed by atoms with E-state index < -0.39 is 0 Å². The van der Waals surface area contributed by atoms with Crippen molar-refractivity contribution >= 4 is 33.3 Å². The van der Waals surface area contributed by atoms with Gasteiger partial charge in [-0.1, -0.05) is 12.8 Å². The van der Waals surface area contributed by atoms with E-state index in [1.54, 1.807) is 17.7 Å². The summed E-state index contributed by atoms with van der Waals surface area (Å²) in [5.41, 5.74) is 1.01. The summed E-state index contributed by atoms with van der Waals surface area (Å²) in [6.07, 6.45) is 7.85. The van der Waals surface area contributed by atoms with Crippen LogP contribution in [0.4, 0.5) is 5.82 Å². The Morgan fingerprint density at radius 2 is 2.00 bits per heavy atom. The first kappa shape index (κ1) is 16.4. The molecule has 1 saturated carbocycles. The molecule has 0 aromatic carbocycles. The van der Waals surface area contributed by atoms with E-state index in [1.807, 2.05) is 6.07 Å². The third-order valence-corrected chi connectivity index (χ3v) is 7.18. The molecule has 2 aromatic heterocycles. The van der Waals surface area contributed by atoms with Crippen LogP contribution in [0.15, 0.2) is 17.8 Å². The molecule has 138 valence electrons. The lowest BCUT2D eigenvalue weighted by Gasteiger charge is -2.36. The smallest absolute Gasteiger partial charge is 0.239 e. The number of aromatic nitrogens is 2. The largest absolute Gasteiger partial charge is 0.352 e. The second kappa shape index (κ2) is 6.78. The first-order valence-electron chi connectivity index (χ1n) is 9.77. The number of piperazine rings is 1. The van der Waals surface area contributed by atoms with Gasteiger partial charge in [0.05, 0.1) is 16.3 Å². The molecule has 26 heavy (non-hydrogen) atoms. The predicted octanol–water partition coefficient (Wildman–Crippen LogP) is 2.26. The number of hydrogen-bond donors (Lipinski definition) is 1. The molecule has 7 heteroatoms. The Labute approximate surface area is 157 Å². The van der Waals surface area contributed by atoms with E-state index in [1.165, 1.54) is 25.7 Å². The van der Waals surface area contributed by atoms with Gasteiger partial charge in [-0.05, 0) is 36.6 Å². The molecule has 5 rings (SSSR count). The van der Waals surface area contributed by atoms with Crippen LogP contribution in [0.2, 0.25) is 0 Å². The molecule has 6 nitrogen and oxygen atoms in total. The fraction of sp³-hybridized carbons (Fsp3) is 0.632. The lowest BCUT2D eigenvalue weighted by Crippen LogP contribution is -2.53. The highest BCUT2D eigenvalue weighted by Gasteiger charge is 2.40. The molecule has 1 aliphatic carbocycles. The van der Waals surface area contributed by atoms with E-state index in [-0.39, 0.29) is 6.04 Å². The average molecular weight is 372 g/mol. The van der Waals surface area contributed by atoms with Gasteiger partial charge in [0.2, 0.25) is 5.91 Å². The molecule has 0 spiro atoms. The Bertz CT molecular complexity index is 786. The molecule has 2 aliphatic heterocycles. The van der Waals surface area contributed by atoms with Crippen LogP contribution in [-0.2, 0) is 4.79 Å². The first-order valence-corrected chi connectivity index (χ1v) is 10.7. The summed E-state index contributed by atoms with van der Waals surface area (Å²) >= 11 is 1.69. The third-order valence-electron chi connectivity index (χ3n) is 6.28. The number of nitrogens with one attached hydrogen (secondary N) is 1. The maximum atomic E-state index is 13.0. The highest BCUT2D eigenvalue weighted by atomic mass is 32.1. The normalized spacial score (nSPS) is 29.2. The molecule has 1 N–H and O–H groups in total. The summed E-state index contributed by atoms with van der Waals surface area (Å²) in [4.78, 5) is 26.2. The SMILES string of the molecule is O=C(C1CC2CCCCC2N1)N1CCN(c2ncnc3ccsc23)CC1. The van der Waals surface area contributed by atoms with E-state index >= 15 is 0 Å². The van der Waals surface area contributed by atoms with Crippen LogP contribution in [0.5, 0.6) is 0 Å².